The largest absolute Gasteiger partial charge is 0.378 e. The van der Waals surface area contributed by atoms with Gasteiger partial charge in [0.25, 0.3) is 0 Å². The molecule has 0 N–H and O–H groups in total. The summed E-state index contributed by atoms with van der Waals surface area (Å²) in [6, 6.07) is 10.7. The maximum absolute atomic E-state index is 6.58. The number of aryl methyl sites for hydroxylation is 1. The molecule has 0 heterocycles. The Morgan fingerprint density at radius 3 is 2.43 bits per heavy atom. The second-order valence-electron chi connectivity index (χ2n) is 6.80. The third-order valence-electron chi connectivity index (χ3n) is 5.49. The Kier molecular flexibility index (Phi) is 5.24. The first-order valence-corrected chi connectivity index (χ1v) is 9.04. The van der Waals surface area contributed by atoms with E-state index >= 15 is 0 Å². The van der Waals surface area contributed by atoms with Gasteiger partial charge in [0.1, 0.15) is 0 Å². The zero-order chi connectivity index (χ0) is 14.5. The van der Waals surface area contributed by atoms with Gasteiger partial charge in [0.15, 0.2) is 0 Å². The third-order valence-corrected chi connectivity index (χ3v) is 6.10. The number of alkyl halides is 1. The number of hydrogen-bond donors (Lipinski definition) is 0. The summed E-state index contributed by atoms with van der Waals surface area (Å²) in [6.07, 6.45) is 11.7. The lowest BCUT2D eigenvalue weighted by atomic mass is 9.61. The Balaban J connectivity index is 1.44. The van der Waals surface area contributed by atoms with Gasteiger partial charge in [-0.2, -0.15) is 0 Å². The summed E-state index contributed by atoms with van der Waals surface area (Å²) < 4.78 is 6.23. The topological polar surface area (TPSA) is 9.23 Å². The van der Waals surface area contributed by atoms with Crippen molar-refractivity contribution in [3.8, 4) is 0 Å². The molecule has 2 aliphatic rings. The molecular weight excluding hydrogens is 280 g/mol. The van der Waals surface area contributed by atoms with E-state index in [0.717, 1.165) is 25.9 Å². The zero-order valence-corrected chi connectivity index (χ0v) is 13.7. The quantitative estimate of drug-likeness (QED) is 0.526. The number of ether oxygens (including phenoxy) is 1. The Morgan fingerprint density at radius 2 is 1.76 bits per heavy atom. The van der Waals surface area contributed by atoms with Crippen LogP contribution in [0.3, 0.4) is 0 Å². The number of rotatable bonds is 5. The van der Waals surface area contributed by atoms with E-state index in [-0.39, 0.29) is 0 Å². The molecule has 0 saturated heterocycles. The van der Waals surface area contributed by atoms with Crippen LogP contribution in [0.15, 0.2) is 30.3 Å². The van der Waals surface area contributed by atoms with Gasteiger partial charge < -0.3 is 4.74 Å². The molecule has 2 heteroatoms. The molecule has 1 aromatic rings. The molecule has 2 aliphatic carbocycles. The van der Waals surface area contributed by atoms with Crippen LogP contribution < -0.4 is 0 Å². The van der Waals surface area contributed by atoms with Gasteiger partial charge >= 0.3 is 0 Å². The van der Waals surface area contributed by atoms with Gasteiger partial charge in [-0.1, -0.05) is 56.0 Å². The highest BCUT2D eigenvalue weighted by molar-refractivity contribution is 6.21. The van der Waals surface area contributed by atoms with Gasteiger partial charge in [-0.3, -0.25) is 0 Å². The molecule has 0 bridgehead atoms. The molecule has 2 saturated carbocycles. The fraction of sp³-hybridized carbons (Fsp3) is 0.684. The van der Waals surface area contributed by atoms with Crippen molar-refractivity contribution in [3.63, 3.8) is 0 Å². The van der Waals surface area contributed by atoms with Crippen molar-refractivity contribution in [2.45, 2.75) is 69.3 Å². The molecule has 21 heavy (non-hydrogen) atoms. The van der Waals surface area contributed by atoms with Crippen LogP contribution in [0.1, 0.15) is 56.9 Å². The Labute approximate surface area is 134 Å². The van der Waals surface area contributed by atoms with E-state index in [1.165, 1.54) is 44.1 Å². The SMILES string of the molecule is ClC1CC(OCCCc2ccccc2)C12CCCCCC2. The van der Waals surface area contributed by atoms with Crippen LogP contribution in [-0.2, 0) is 11.2 Å². The van der Waals surface area contributed by atoms with E-state index < -0.39 is 0 Å². The van der Waals surface area contributed by atoms with Gasteiger partial charge in [-0.05, 0) is 37.7 Å². The summed E-state index contributed by atoms with van der Waals surface area (Å²) in [5, 5.41) is 0.356. The van der Waals surface area contributed by atoms with E-state index in [4.69, 9.17) is 16.3 Å². The predicted octanol–water partition coefficient (Wildman–Crippen LogP) is 5.36. The molecule has 1 nitrogen and oxygen atoms in total. The van der Waals surface area contributed by atoms with Crippen molar-refractivity contribution in [3.05, 3.63) is 35.9 Å². The van der Waals surface area contributed by atoms with E-state index in [1.54, 1.807) is 0 Å². The Morgan fingerprint density at radius 1 is 1.05 bits per heavy atom. The first kappa shape index (κ1) is 15.4. The average Bonchev–Trinajstić information content (AvgIpc) is 2.79. The van der Waals surface area contributed by atoms with E-state index in [0.29, 0.717) is 16.9 Å². The minimum atomic E-state index is 0.310. The molecule has 2 unspecified atom stereocenters. The normalized spacial score (nSPS) is 28.0. The first-order valence-electron chi connectivity index (χ1n) is 8.61. The van der Waals surface area contributed by atoms with Crippen molar-refractivity contribution < 1.29 is 4.74 Å². The van der Waals surface area contributed by atoms with Crippen LogP contribution in [0, 0.1) is 5.41 Å². The zero-order valence-electron chi connectivity index (χ0n) is 12.9. The minimum absolute atomic E-state index is 0.310. The highest BCUT2D eigenvalue weighted by Gasteiger charge is 2.54. The molecule has 1 spiro atoms. The van der Waals surface area contributed by atoms with Crippen molar-refractivity contribution in [2.75, 3.05) is 6.61 Å². The summed E-state index contributed by atoms with van der Waals surface area (Å²) in [4.78, 5) is 0. The molecular formula is C19H27ClO. The maximum atomic E-state index is 6.58. The monoisotopic (exact) mass is 306 g/mol. The van der Waals surface area contributed by atoms with Gasteiger partial charge in [-0.15, -0.1) is 11.6 Å². The van der Waals surface area contributed by atoms with Crippen molar-refractivity contribution >= 4 is 11.6 Å². The predicted molar refractivity (Wildman–Crippen MR) is 88.9 cm³/mol. The maximum Gasteiger partial charge on any atom is 0.0659 e. The number of benzene rings is 1. The van der Waals surface area contributed by atoms with Crippen LogP contribution in [0.4, 0.5) is 0 Å². The lowest BCUT2D eigenvalue weighted by molar-refractivity contribution is -0.115. The molecule has 0 aliphatic heterocycles. The average molecular weight is 307 g/mol. The van der Waals surface area contributed by atoms with Crippen LogP contribution in [0.2, 0.25) is 0 Å². The molecule has 0 aromatic heterocycles. The molecule has 2 fully saturated rings. The molecule has 3 rings (SSSR count). The minimum Gasteiger partial charge on any atom is -0.378 e. The Bertz CT molecular complexity index is 422. The second-order valence-corrected chi connectivity index (χ2v) is 7.33. The summed E-state index contributed by atoms with van der Waals surface area (Å²) in [5.41, 5.74) is 1.72. The highest BCUT2D eigenvalue weighted by Crippen LogP contribution is 2.55. The lowest BCUT2D eigenvalue weighted by Crippen LogP contribution is -2.55. The van der Waals surface area contributed by atoms with Gasteiger partial charge in [0, 0.05) is 17.4 Å². The van der Waals surface area contributed by atoms with E-state index in [2.05, 4.69) is 30.3 Å². The summed E-state index contributed by atoms with van der Waals surface area (Å²) in [7, 11) is 0. The molecule has 1 aromatic carbocycles. The van der Waals surface area contributed by atoms with Crippen LogP contribution in [0.25, 0.3) is 0 Å². The van der Waals surface area contributed by atoms with E-state index in [1.807, 2.05) is 0 Å². The smallest absolute Gasteiger partial charge is 0.0659 e. The van der Waals surface area contributed by atoms with Crippen molar-refractivity contribution in [2.24, 2.45) is 5.41 Å². The van der Waals surface area contributed by atoms with Crippen LogP contribution in [0.5, 0.6) is 0 Å². The van der Waals surface area contributed by atoms with Crippen molar-refractivity contribution in [1.82, 2.24) is 0 Å². The number of halogens is 1. The van der Waals surface area contributed by atoms with E-state index in [9.17, 15) is 0 Å². The Hall–Kier alpha value is -0.530. The van der Waals surface area contributed by atoms with Gasteiger partial charge in [0.2, 0.25) is 0 Å². The highest BCUT2D eigenvalue weighted by atomic mass is 35.5. The van der Waals surface area contributed by atoms with Crippen LogP contribution in [-0.4, -0.2) is 18.1 Å². The summed E-state index contributed by atoms with van der Waals surface area (Å²) in [5.74, 6) is 0. The van der Waals surface area contributed by atoms with Gasteiger partial charge in [-0.25, -0.2) is 0 Å². The molecule has 116 valence electrons. The summed E-state index contributed by atoms with van der Waals surface area (Å²) >= 11 is 6.58. The first-order chi connectivity index (χ1) is 10.3. The molecule has 0 amide bonds. The van der Waals surface area contributed by atoms with Crippen molar-refractivity contribution in [1.29, 1.82) is 0 Å². The second kappa shape index (κ2) is 7.15. The summed E-state index contributed by atoms with van der Waals surface area (Å²) in [6.45, 7) is 0.880. The molecule has 0 radical (unpaired) electrons. The lowest BCUT2D eigenvalue weighted by Gasteiger charge is -2.53. The third kappa shape index (κ3) is 3.46. The van der Waals surface area contributed by atoms with Crippen LogP contribution >= 0.6 is 11.6 Å². The molecule has 2 atom stereocenters. The fourth-order valence-electron chi connectivity index (χ4n) is 4.10. The van der Waals surface area contributed by atoms with Gasteiger partial charge in [0.05, 0.1) is 6.10 Å². The number of hydrogen-bond acceptors (Lipinski definition) is 1. The fourth-order valence-corrected chi connectivity index (χ4v) is 4.62. The standard InChI is InChI=1S/C19H27ClO/c20-17-15-18(19(17)12-6-1-2-7-13-19)21-14-8-11-16-9-4-3-5-10-16/h3-5,9-10,17-18H,1-2,6-8,11-15H2.